The second-order valence-electron chi connectivity index (χ2n) is 4.65. The highest BCUT2D eigenvalue weighted by molar-refractivity contribution is 5.92. The molecule has 0 bridgehead atoms. The van der Waals surface area contributed by atoms with E-state index in [9.17, 15) is 4.79 Å². The van der Waals surface area contributed by atoms with Crippen LogP contribution in [0, 0.1) is 0 Å². The minimum absolute atomic E-state index is 0.348. The first-order valence-electron chi connectivity index (χ1n) is 6.76. The smallest absolute Gasteiger partial charge is 0.343 e. The fourth-order valence-electron chi connectivity index (χ4n) is 2.11. The third-order valence-electron chi connectivity index (χ3n) is 3.16. The summed E-state index contributed by atoms with van der Waals surface area (Å²) in [6, 6.07) is 26.5. The predicted molar refractivity (Wildman–Crippen MR) is 83.3 cm³/mol. The van der Waals surface area contributed by atoms with Crippen LogP contribution in [0.15, 0.2) is 84.9 Å². The van der Waals surface area contributed by atoms with E-state index in [-0.39, 0.29) is 5.97 Å². The number of hydrogen-bond donors (Lipinski definition) is 0. The second-order valence-corrected chi connectivity index (χ2v) is 4.65. The molecule has 3 rings (SSSR count). The van der Waals surface area contributed by atoms with Crippen LogP contribution < -0.4 is 4.74 Å². The zero-order chi connectivity index (χ0) is 14.5. The maximum absolute atomic E-state index is 12.2. The van der Waals surface area contributed by atoms with E-state index in [1.807, 2.05) is 66.7 Å². The minimum Gasteiger partial charge on any atom is -0.423 e. The first-order chi connectivity index (χ1) is 10.3. The van der Waals surface area contributed by atoms with Gasteiger partial charge in [-0.05, 0) is 35.4 Å². The van der Waals surface area contributed by atoms with Gasteiger partial charge < -0.3 is 4.74 Å². The molecule has 21 heavy (non-hydrogen) atoms. The molecule has 0 aliphatic carbocycles. The molecule has 0 spiro atoms. The van der Waals surface area contributed by atoms with Gasteiger partial charge in [0, 0.05) is 0 Å². The van der Waals surface area contributed by atoms with Gasteiger partial charge in [0.2, 0.25) is 0 Å². The van der Waals surface area contributed by atoms with Crippen molar-refractivity contribution in [2.24, 2.45) is 0 Å². The van der Waals surface area contributed by atoms with Crippen molar-refractivity contribution in [3.05, 3.63) is 90.5 Å². The number of esters is 1. The molecule has 0 saturated heterocycles. The highest BCUT2D eigenvalue weighted by atomic mass is 16.5. The summed E-state index contributed by atoms with van der Waals surface area (Å²) >= 11 is 0. The lowest BCUT2D eigenvalue weighted by Gasteiger charge is -2.06. The van der Waals surface area contributed by atoms with E-state index >= 15 is 0 Å². The Bertz CT molecular complexity index is 734. The summed E-state index contributed by atoms with van der Waals surface area (Å²) in [7, 11) is 0. The van der Waals surface area contributed by atoms with Crippen molar-refractivity contribution in [2.45, 2.75) is 0 Å². The quantitative estimate of drug-likeness (QED) is 0.516. The molecule has 3 aromatic rings. The van der Waals surface area contributed by atoms with E-state index in [4.69, 9.17) is 4.74 Å². The Hall–Kier alpha value is -2.87. The molecular weight excluding hydrogens is 260 g/mol. The zero-order valence-corrected chi connectivity index (χ0v) is 11.4. The molecule has 0 unspecified atom stereocenters. The van der Waals surface area contributed by atoms with Gasteiger partial charge in [0.05, 0.1) is 5.56 Å². The van der Waals surface area contributed by atoms with Crippen LogP contribution in [0.1, 0.15) is 10.4 Å². The third-order valence-corrected chi connectivity index (χ3v) is 3.16. The van der Waals surface area contributed by atoms with Gasteiger partial charge in [-0.25, -0.2) is 4.79 Å². The van der Waals surface area contributed by atoms with Crippen LogP contribution in [0.25, 0.3) is 11.1 Å². The molecule has 0 amide bonds. The monoisotopic (exact) mass is 274 g/mol. The Morgan fingerprint density at radius 3 is 2.00 bits per heavy atom. The fraction of sp³-hybridized carbons (Fsp3) is 0. The fourth-order valence-corrected chi connectivity index (χ4v) is 2.11. The van der Waals surface area contributed by atoms with Crippen molar-refractivity contribution in [2.75, 3.05) is 0 Å². The van der Waals surface area contributed by atoms with Crippen molar-refractivity contribution in [1.29, 1.82) is 0 Å². The van der Waals surface area contributed by atoms with Crippen LogP contribution >= 0.6 is 0 Å². The molecule has 0 fully saturated rings. The van der Waals surface area contributed by atoms with Gasteiger partial charge in [0.15, 0.2) is 0 Å². The van der Waals surface area contributed by atoms with Gasteiger partial charge in [0.25, 0.3) is 0 Å². The molecule has 3 aromatic carbocycles. The van der Waals surface area contributed by atoms with Crippen molar-refractivity contribution in [1.82, 2.24) is 0 Å². The lowest BCUT2D eigenvalue weighted by atomic mass is 10.0. The molecule has 2 nitrogen and oxygen atoms in total. The number of hydrogen-bond acceptors (Lipinski definition) is 2. The summed E-state index contributed by atoms with van der Waals surface area (Å²) < 4.78 is 5.35. The Labute approximate surface area is 123 Å². The van der Waals surface area contributed by atoms with E-state index in [0.717, 1.165) is 11.1 Å². The van der Waals surface area contributed by atoms with Gasteiger partial charge in [0.1, 0.15) is 5.75 Å². The molecule has 102 valence electrons. The topological polar surface area (TPSA) is 26.3 Å². The Morgan fingerprint density at radius 2 is 1.29 bits per heavy atom. The maximum atomic E-state index is 12.2. The molecule has 0 N–H and O–H groups in total. The summed E-state index contributed by atoms with van der Waals surface area (Å²) in [5.41, 5.74) is 2.62. The number of ether oxygens (including phenoxy) is 1. The van der Waals surface area contributed by atoms with Crippen LogP contribution in [0.5, 0.6) is 5.75 Å². The number of benzene rings is 3. The zero-order valence-electron chi connectivity index (χ0n) is 11.4. The SMILES string of the molecule is O=C(Oc1ccccc1)c1cccc(-c2ccccc2)c1. The maximum Gasteiger partial charge on any atom is 0.343 e. The molecule has 0 heterocycles. The molecule has 0 aliphatic rings. The summed E-state index contributed by atoms with van der Waals surface area (Å²) in [5, 5.41) is 0. The number of carbonyl (C=O) groups excluding carboxylic acids is 1. The summed E-state index contributed by atoms with van der Waals surface area (Å²) in [4.78, 5) is 12.2. The van der Waals surface area contributed by atoms with Gasteiger partial charge in [-0.15, -0.1) is 0 Å². The van der Waals surface area contributed by atoms with E-state index in [0.29, 0.717) is 11.3 Å². The molecule has 0 aliphatic heterocycles. The first kappa shape index (κ1) is 13.1. The van der Waals surface area contributed by atoms with Gasteiger partial charge >= 0.3 is 5.97 Å². The van der Waals surface area contributed by atoms with Crippen molar-refractivity contribution in [3.63, 3.8) is 0 Å². The Morgan fingerprint density at radius 1 is 0.667 bits per heavy atom. The number of para-hydroxylation sites is 1. The summed E-state index contributed by atoms with van der Waals surface area (Å²) in [6.45, 7) is 0. The highest BCUT2D eigenvalue weighted by Gasteiger charge is 2.09. The largest absolute Gasteiger partial charge is 0.423 e. The van der Waals surface area contributed by atoms with Gasteiger partial charge in [-0.3, -0.25) is 0 Å². The van der Waals surface area contributed by atoms with E-state index in [1.165, 1.54) is 0 Å². The number of carbonyl (C=O) groups is 1. The van der Waals surface area contributed by atoms with Crippen molar-refractivity contribution < 1.29 is 9.53 Å². The van der Waals surface area contributed by atoms with Crippen molar-refractivity contribution in [3.8, 4) is 16.9 Å². The molecular formula is C19H14O2. The Kier molecular flexibility index (Phi) is 3.79. The average molecular weight is 274 g/mol. The van der Waals surface area contributed by atoms with E-state index in [1.54, 1.807) is 18.2 Å². The van der Waals surface area contributed by atoms with Crippen LogP contribution in [-0.2, 0) is 0 Å². The molecule has 0 radical (unpaired) electrons. The third kappa shape index (κ3) is 3.18. The van der Waals surface area contributed by atoms with Crippen LogP contribution in [0.2, 0.25) is 0 Å². The molecule has 0 saturated carbocycles. The van der Waals surface area contributed by atoms with Crippen LogP contribution in [-0.4, -0.2) is 5.97 Å². The van der Waals surface area contributed by atoms with Crippen LogP contribution in [0.3, 0.4) is 0 Å². The number of rotatable bonds is 3. The average Bonchev–Trinajstić information content (AvgIpc) is 2.57. The second kappa shape index (κ2) is 6.06. The van der Waals surface area contributed by atoms with E-state index in [2.05, 4.69) is 0 Å². The lowest BCUT2D eigenvalue weighted by molar-refractivity contribution is 0.0735. The standard InChI is InChI=1S/C19H14O2/c20-19(21-18-12-5-2-6-13-18)17-11-7-10-16(14-17)15-8-3-1-4-9-15/h1-14H. The van der Waals surface area contributed by atoms with Crippen LogP contribution in [0.4, 0.5) is 0 Å². The molecule has 2 heteroatoms. The first-order valence-corrected chi connectivity index (χ1v) is 6.76. The minimum atomic E-state index is -0.348. The Balaban J connectivity index is 1.85. The summed E-state index contributed by atoms with van der Waals surface area (Å²) in [5.74, 6) is 0.201. The molecule has 0 aromatic heterocycles. The van der Waals surface area contributed by atoms with E-state index < -0.39 is 0 Å². The molecule has 0 atom stereocenters. The van der Waals surface area contributed by atoms with Crippen molar-refractivity contribution >= 4 is 5.97 Å². The normalized spacial score (nSPS) is 10.1. The lowest BCUT2D eigenvalue weighted by Crippen LogP contribution is -2.08. The highest BCUT2D eigenvalue weighted by Crippen LogP contribution is 2.21. The van der Waals surface area contributed by atoms with Gasteiger partial charge in [-0.1, -0.05) is 60.7 Å². The summed E-state index contributed by atoms with van der Waals surface area (Å²) in [6.07, 6.45) is 0. The van der Waals surface area contributed by atoms with Gasteiger partial charge in [-0.2, -0.15) is 0 Å². The predicted octanol–water partition coefficient (Wildman–Crippen LogP) is 4.57.